The summed E-state index contributed by atoms with van der Waals surface area (Å²) in [6.45, 7) is 1.67. The van der Waals surface area contributed by atoms with Crippen molar-refractivity contribution in [3.05, 3.63) is 18.3 Å². The summed E-state index contributed by atoms with van der Waals surface area (Å²) in [5.74, 6) is 0. The van der Waals surface area contributed by atoms with Crippen molar-refractivity contribution in [2.45, 2.75) is 0 Å². The fourth-order valence-corrected chi connectivity index (χ4v) is 0.351. The van der Waals surface area contributed by atoms with Crippen LogP contribution in [0.1, 0.15) is 0 Å². The van der Waals surface area contributed by atoms with E-state index in [1.807, 2.05) is 6.07 Å². The van der Waals surface area contributed by atoms with Crippen LogP contribution in [0.25, 0.3) is 0 Å². The van der Waals surface area contributed by atoms with E-state index in [0.29, 0.717) is 5.70 Å². The lowest BCUT2D eigenvalue weighted by molar-refractivity contribution is 0.761. The predicted molar refractivity (Wildman–Crippen MR) is 24.3 cm³/mol. The molecule has 0 spiro atoms. The van der Waals surface area contributed by atoms with Crippen LogP contribution in [0.2, 0.25) is 0 Å². The smallest absolute Gasteiger partial charge is 0.125 e. The molecule has 1 heterocycles. The number of nitrogens with zero attached hydrogens (tertiary/aromatic N) is 1. The van der Waals surface area contributed by atoms with Crippen LogP contribution in [0.4, 0.5) is 0 Å². The fourth-order valence-electron chi connectivity index (χ4n) is 0.351. The fraction of sp³-hybridized carbons (Fsp3) is 0. The van der Waals surface area contributed by atoms with Gasteiger partial charge in [-0.1, -0.05) is 0 Å². The third-order valence-electron chi connectivity index (χ3n) is 0.661. The molecule has 7 heavy (non-hydrogen) atoms. The second kappa shape index (κ2) is 1.63. The zero-order valence-electron chi connectivity index (χ0n) is 3.60. The lowest BCUT2D eigenvalue weighted by Crippen LogP contribution is -2.20. The van der Waals surface area contributed by atoms with Crippen molar-refractivity contribution in [3.8, 4) is 6.07 Å². The van der Waals surface area contributed by atoms with E-state index in [2.05, 4.69) is 10.9 Å². The maximum Gasteiger partial charge on any atom is 0.125 e. The average molecular weight is 94.1 g/mol. The monoisotopic (exact) mass is 94.0 g/mol. The van der Waals surface area contributed by atoms with Gasteiger partial charge in [-0.3, -0.25) is 0 Å². The van der Waals surface area contributed by atoms with Crippen molar-refractivity contribution in [1.29, 1.82) is 5.26 Å². The molecule has 0 aromatic heterocycles. The zero-order chi connectivity index (χ0) is 5.11. The Morgan fingerprint density at radius 1 is 1.71 bits per heavy atom. The number of hydrogen-bond donors (Lipinski definition) is 2. The van der Waals surface area contributed by atoms with Crippen LogP contribution in [0.15, 0.2) is 11.8 Å². The molecule has 0 unspecified atom stereocenters. The Balaban J connectivity index is 2.57. The van der Waals surface area contributed by atoms with Crippen LogP contribution in [0, 0.1) is 17.9 Å². The molecule has 3 nitrogen and oxygen atoms in total. The first kappa shape index (κ1) is 4.16. The maximum absolute atomic E-state index is 8.13. The highest BCUT2D eigenvalue weighted by Gasteiger charge is 1.97. The van der Waals surface area contributed by atoms with Gasteiger partial charge in [0, 0.05) is 0 Å². The molecule has 0 aromatic carbocycles. The van der Waals surface area contributed by atoms with Gasteiger partial charge in [-0.05, 0) is 6.08 Å². The zero-order valence-corrected chi connectivity index (χ0v) is 3.60. The first-order chi connectivity index (χ1) is 3.43. The summed E-state index contributed by atoms with van der Waals surface area (Å²) in [7, 11) is 0. The molecule has 35 valence electrons. The molecule has 1 aliphatic heterocycles. The molecule has 0 aliphatic carbocycles. The second-order valence-corrected chi connectivity index (χ2v) is 1.13. The number of rotatable bonds is 0. The summed E-state index contributed by atoms with van der Waals surface area (Å²) >= 11 is 0. The average Bonchev–Trinajstić information content (AvgIpc) is 2.14. The van der Waals surface area contributed by atoms with Crippen molar-refractivity contribution in [2.75, 3.05) is 0 Å². The summed E-state index contributed by atoms with van der Waals surface area (Å²) < 4.78 is 0. The highest BCUT2D eigenvalue weighted by molar-refractivity contribution is 5.24. The molecule has 1 aliphatic rings. The van der Waals surface area contributed by atoms with Crippen LogP contribution in [0.3, 0.4) is 0 Å². The molecule has 0 aromatic rings. The van der Waals surface area contributed by atoms with Gasteiger partial charge in [-0.2, -0.15) is 5.26 Å². The minimum absolute atomic E-state index is 0.556. The topological polar surface area (TPSA) is 47.9 Å². The Morgan fingerprint density at radius 3 is 2.86 bits per heavy atom. The number of nitrogens with one attached hydrogen (secondary N) is 2. The van der Waals surface area contributed by atoms with Gasteiger partial charge < -0.3 is 5.43 Å². The molecule has 1 radical (unpaired) electrons. The van der Waals surface area contributed by atoms with Gasteiger partial charge in [0.05, 0.1) is 6.54 Å². The van der Waals surface area contributed by atoms with E-state index in [9.17, 15) is 0 Å². The summed E-state index contributed by atoms with van der Waals surface area (Å²) in [6.07, 6.45) is 1.67. The highest BCUT2D eigenvalue weighted by Crippen LogP contribution is 1.90. The Labute approximate surface area is 41.6 Å². The predicted octanol–water partition coefficient (Wildman–Crippen LogP) is -0.337. The van der Waals surface area contributed by atoms with Crippen molar-refractivity contribution in [1.82, 2.24) is 10.9 Å². The van der Waals surface area contributed by atoms with E-state index in [4.69, 9.17) is 5.26 Å². The molecule has 0 atom stereocenters. The van der Waals surface area contributed by atoms with Crippen molar-refractivity contribution in [2.24, 2.45) is 0 Å². The molecule has 0 bridgehead atoms. The Hall–Kier alpha value is -1.01. The molecule has 0 saturated heterocycles. The van der Waals surface area contributed by atoms with Gasteiger partial charge in [0.15, 0.2) is 0 Å². The normalized spacial score (nSPS) is 17.3. The van der Waals surface area contributed by atoms with Crippen LogP contribution < -0.4 is 10.9 Å². The van der Waals surface area contributed by atoms with Gasteiger partial charge in [-0.15, -0.1) is 0 Å². The number of allylic oxidation sites excluding steroid dienone is 1. The quantitative estimate of drug-likeness (QED) is 0.432. The Bertz CT molecular complexity index is 130. The molecule has 0 fully saturated rings. The Kier molecular flexibility index (Phi) is 0.966. The molecular formula is C4H4N3. The van der Waals surface area contributed by atoms with Gasteiger partial charge in [0.2, 0.25) is 0 Å². The molecule has 0 amide bonds. The third-order valence-corrected chi connectivity index (χ3v) is 0.661. The van der Waals surface area contributed by atoms with Crippen molar-refractivity contribution < 1.29 is 0 Å². The summed E-state index contributed by atoms with van der Waals surface area (Å²) in [6, 6.07) is 1.92. The largest absolute Gasteiger partial charge is 0.312 e. The lowest BCUT2D eigenvalue weighted by Gasteiger charge is -1.88. The van der Waals surface area contributed by atoms with Crippen LogP contribution in [-0.4, -0.2) is 0 Å². The highest BCUT2D eigenvalue weighted by atomic mass is 15.4. The van der Waals surface area contributed by atoms with Gasteiger partial charge >= 0.3 is 0 Å². The first-order valence-electron chi connectivity index (χ1n) is 1.88. The summed E-state index contributed by atoms with van der Waals surface area (Å²) in [4.78, 5) is 0. The van der Waals surface area contributed by atoms with E-state index in [1.165, 1.54) is 0 Å². The van der Waals surface area contributed by atoms with Crippen LogP contribution in [-0.2, 0) is 0 Å². The van der Waals surface area contributed by atoms with Gasteiger partial charge in [0.1, 0.15) is 11.8 Å². The van der Waals surface area contributed by atoms with E-state index in [0.717, 1.165) is 0 Å². The SMILES string of the molecule is N#CC1=C[CH]NN1. The Morgan fingerprint density at radius 2 is 2.57 bits per heavy atom. The van der Waals surface area contributed by atoms with Crippen LogP contribution >= 0.6 is 0 Å². The molecule has 0 saturated carbocycles. The molecule has 3 heteroatoms. The van der Waals surface area contributed by atoms with Crippen molar-refractivity contribution >= 4 is 0 Å². The summed E-state index contributed by atoms with van der Waals surface area (Å²) in [5, 5.41) is 8.13. The number of hydrogen-bond acceptors (Lipinski definition) is 3. The summed E-state index contributed by atoms with van der Waals surface area (Å²) in [5.41, 5.74) is 5.79. The second-order valence-electron chi connectivity index (χ2n) is 1.13. The van der Waals surface area contributed by atoms with E-state index < -0.39 is 0 Å². The van der Waals surface area contributed by atoms with E-state index in [1.54, 1.807) is 12.6 Å². The van der Waals surface area contributed by atoms with Gasteiger partial charge in [-0.25, -0.2) is 5.43 Å². The van der Waals surface area contributed by atoms with Crippen molar-refractivity contribution in [3.63, 3.8) is 0 Å². The minimum Gasteiger partial charge on any atom is -0.312 e. The number of nitriles is 1. The third kappa shape index (κ3) is 0.699. The molecular weight excluding hydrogens is 90.1 g/mol. The van der Waals surface area contributed by atoms with E-state index in [-0.39, 0.29) is 0 Å². The standard InChI is InChI=1S/C4H4N3/c5-3-4-1-2-6-7-4/h1-2,6-7H. The molecule has 2 N–H and O–H groups in total. The van der Waals surface area contributed by atoms with Crippen LogP contribution in [0.5, 0.6) is 0 Å². The van der Waals surface area contributed by atoms with Gasteiger partial charge in [0.25, 0.3) is 0 Å². The minimum atomic E-state index is 0.556. The lowest BCUT2D eigenvalue weighted by atomic mass is 10.5. The molecule has 1 rings (SSSR count). The van der Waals surface area contributed by atoms with E-state index >= 15 is 0 Å². The first-order valence-corrected chi connectivity index (χ1v) is 1.88. The number of hydrazine groups is 1. The maximum atomic E-state index is 8.13.